The fourth-order valence-corrected chi connectivity index (χ4v) is 4.67. The molecule has 0 aliphatic rings. The zero-order valence-electron chi connectivity index (χ0n) is 19.7. The lowest BCUT2D eigenvalue weighted by Gasteiger charge is -2.18. The van der Waals surface area contributed by atoms with E-state index in [0.717, 1.165) is 27.6 Å². The Balaban J connectivity index is 1.50. The molecular formula is C31H26F2N2O. The molecule has 36 heavy (non-hydrogen) atoms. The third kappa shape index (κ3) is 5.20. The van der Waals surface area contributed by atoms with Crippen LogP contribution in [0.2, 0.25) is 0 Å². The fourth-order valence-electron chi connectivity index (χ4n) is 4.67. The van der Waals surface area contributed by atoms with Gasteiger partial charge in [0.05, 0.1) is 0 Å². The van der Waals surface area contributed by atoms with Gasteiger partial charge in [0.1, 0.15) is 11.6 Å². The van der Waals surface area contributed by atoms with Crippen molar-refractivity contribution < 1.29 is 13.6 Å². The maximum atomic E-state index is 15.0. The number of nitrogens with one attached hydrogen (secondary N) is 1. The Labute approximate surface area is 209 Å². The van der Waals surface area contributed by atoms with Gasteiger partial charge in [-0.15, -0.1) is 0 Å². The maximum absolute atomic E-state index is 15.0. The predicted molar refractivity (Wildman–Crippen MR) is 139 cm³/mol. The molecule has 1 heterocycles. The standard InChI is InChI=1S/C31H26F2N2O/c32-24-16-14-23(15-17-24)20-35-21-28(26-11-5-7-13-30(26)35)27(25-10-4-6-12-29(25)33)18-31(36)34-19-22-8-2-1-3-9-22/h1-17,21,27H,18-20H2,(H,34,36). The van der Waals surface area contributed by atoms with E-state index < -0.39 is 5.92 Å². The summed E-state index contributed by atoms with van der Waals surface area (Å²) in [5.74, 6) is -1.24. The molecule has 0 spiro atoms. The van der Waals surface area contributed by atoms with Crippen molar-refractivity contribution in [2.75, 3.05) is 0 Å². The van der Waals surface area contributed by atoms with E-state index in [1.54, 1.807) is 30.3 Å². The normalized spacial score (nSPS) is 11.9. The van der Waals surface area contributed by atoms with Crippen molar-refractivity contribution in [3.05, 3.63) is 143 Å². The lowest BCUT2D eigenvalue weighted by atomic mass is 9.87. The highest BCUT2D eigenvalue weighted by Crippen LogP contribution is 2.36. The number of amides is 1. The van der Waals surface area contributed by atoms with Gasteiger partial charge in [-0.3, -0.25) is 4.79 Å². The summed E-state index contributed by atoms with van der Waals surface area (Å²) in [6, 6.07) is 30.7. The van der Waals surface area contributed by atoms with Gasteiger partial charge in [0.15, 0.2) is 0 Å². The molecule has 0 fully saturated rings. The smallest absolute Gasteiger partial charge is 0.221 e. The van der Waals surface area contributed by atoms with E-state index >= 15 is 4.39 Å². The lowest BCUT2D eigenvalue weighted by Crippen LogP contribution is -2.25. The van der Waals surface area contributed by atoms with E-state index in [1.165, 1.54) is 18.2 Å². The summed E-state index contributed by atoms with van der Waals surface area (Å²) in [6.07, 6.45) is 2.11. The van der Waals surface area contributed by atoms with Crippen LogP contribution >= 0.6 is 0 Å². The third-order valence-electron chi connectivity index (χ3n) is 6.46. The number of hydrogen-bond acceptors (Lipinski definition) is 1. The summed E-state index contributed by atoms with van der Waals surface area (Å²) in [7, 11) is 0. The summed E-state index contributed by atoms with van der Waals surface area (Å²) < 4.78 is 30.5. The number of benzene rings is 4. The van der Waals surface area contributed by atoms with Crippen LogP contribution in [0.15, 0.2) is 109 Å². The predicted octanol–water partition coefficient (Wildman–Crippen LogP) is 6.81. The molecule has 5 heteroatoms. The molecule has 5 rings (SSSR count). The first-order chi connectivity index (χ1) is 17.6. The van der Waals surface area contributed by atoms with Crippen LogP contribution in [0.3, 0.4) is 0 Å². The van der Waals surface area contributed by atoms with Crippen molar-refractivity contribution in [3.8, 4) is 0 Å². The SMILES string of the molecule is O=C(CC(c1ccccc1F)c1cn(Cc2ccc(F)cc2)c2ccccc12)NCc1ccccc1. The summed E-state index contributed by atoms with van der Waals surface area (Å²) in [5, 5.41) is 3.95. The first-order valence-electron chi connectivity index (χ1n) is 12.0. The Bertz CT molecular complexity index is 1480. The van der Waals surface area contributed by atoms with Crippen LogP contribution in [0.4, 0.5) is 8.78 Å². The number of nitrogens with zero attached hydrogens (tertiary/aromatic N) is 1. The van der Waals surface area contributed by atoms with Crippen LogP contribution in [0.1, 0.15) is 34.6 Å². The minimum absolute atomic E-state index is 0.109. The van der Waals surface area contributed by atoms with E-state index in [0.29, 0.717) is 18.7 Å². The van der Waals surface area contributed by atoms with Gasteiger partial charge < -0.3 is 9.88 Å². The Hall–Kier alpha value is -4.25. The largest absolute Gasteiger partial charge is 0.352 e. The summed E-state index contributed by atoms with van der Waals surface area (Å²) in [6.45, 7) is 0.945. The van der Waals surface area contributed by atoms with Gasteiger partial charge in [-0.25, -0.2) is 8.78 Å². The van der Waals surface area contributed by atoms with Crippen LogP contribution in [0.5, 0.6) is 0 Å². The number of aromatic nitrogens is 1. The molecule has 1 atom stereocenters. The van der Waals surface area contributed by atoms with Crippen molar-refractivity contribution in [1.29, 1.82) is 0 Å². The molecule has 5 aromatic rings. The average molecular weight is 481 g/mol. The van der Waals surface area contributed by atoms with E-state index in [-0.39, 0.29) is 24.0 Å². The van der Waals surface area contributed by atoms with Crippen LogP contribution in [0.25, 0.3) is 10.9 Å². The van der Waals surface area contributed by atoms with Crippen LogP contribution < -0.4 is 5.32 Å². The van der Waals surface area contributed by atoms with E-state index in [4.69, 9.17) is 0 Å². The van der Waals surface area contributed by atoms with Gasteiger partial charge in [-0.05, 0) is 46.5 Å². The van der Waals surface area contributed by atoms with Gasteiger partial charge in [0.25, 0.3) is 0 Å². The van der Waals surface area contributed by atoms with Crippen LogP contribution in [0, 0.1) is 11.6 Å². The number of rotatable bonds is 8. The number of para-hydroxylation sites is 1. The van der Waals surface area contributed by atoms with E-state index in [1.807, 2.05) is 60.8 Å². The van der Waals surface area contributed by atoms with Crippen molar-refractivity contribution >= 4 is 16.8 Å². The van der Waals surface area contributed by atoms with E-state index in [2.05, 4.69) is 9.88 Å². The molecule has 1 N–H and O–H groups in total. The number of carbonyl (C=O) groups is 1. The van der Waals surface area contributed by atoms with Gasteiger partial charge >= 0.3 is 0 Å². The van der Waals surface area contributed by atoms with Crippen molar-refractivity contribution in [2.45, 2.75) is 25.4 Å². The number of halogens is 2. The molecule has 0 saturated heterocycles. The first-order valence-corrected chi connectivity index (χ1v) is 12.0. The Kier molecular flexibility index (Phi) is 6.89. The molecule has 1 amide bonds. The molecular weight excluding hydrogens is 454 g/mol. The number of hydrogen-bond donors (Lipinski definition) is 1. The highest BCUT2D eigenvalue weighted by Gasteiger charge is 2.25. The fraction of sp³-hybridized carbons (Fsp3) is 0.129. The minimum atomic E-state index is -0.471. The lowest BCUT2D eigenvalue weighted by molar-refractivity contribution is -0.121. The van der Waals surface area contributed by atoms with Gasteiger partial charge in [-0.1, -0.05) is 78.9 Å². The maximum Gasteiger partial charge on any atom is 0.221 e. The molecule has 0 aliphatic heterocycles. The summed E-state index contributed by atoms with van der Waals surface area (Å²) >= 11 is 0. The highest BCUT2D eigenvalue weighted by molar-refractivity contribution is 5.86. The summed E-state index contributed by atoms with van der Waals surface area (Å²) in [5.41, 5.74) is 4.29. The molecule has 0 radical (unpaired) electrons. The van der Waals surface area contributed by atoms with E-state index in [9.17, 15) is 9.18 Å². The monoisotopic (exact) mass is 480 g/mol. The molecule has 3 nitrogen and oxygen atoms in total. The van der Waals surface area contributed by atoms with Crippen molar-refractivity contribution in [3.63, 3.8) is 0 Å². The van der Waals surface area contributed by atoms with Crippen molar-refractivity contribution in [2.24, 2.45) is 0 Å². The minimum Gasteiger partial charge on any atom is -0.352 e. The van der Waals surface area contributed by atoms with Crippen LogP contribution in [-0.4, -0.2) is 10.5 Å². The topological polar surface area (TPSA) is 34.0 Å². The third-order valence-corrected chi connectivity index (χ3v) is 6.46. The Morgan fingerprint density at radius 3 is 2.22 bits per heavy atom. The molecule has 4 aromatic carbocycles. The van der Waals surface area contributed by atoms with Crippen LogP contribution in [-0.2, 0) is 17.9 Å². The molecule has 1 unspecified atom stereocenters. The second-order valence-corrected chi connectivity index (χ2v) is 8.90. The first kappa shape index (κ1) is 23.5. The zero-order chi connectivity index (χ0) is 24.9. The molecule has 180 valence electrons. The second-order valence-electron chi connectivity index (χ2n) is 8.90. The molecule has 0 saturated carbocycles. The molecule has 0 aliphatic carbocycles. The number of fused-ring (bicyclic) bond motifs is 1. The van der Waals surface area contributed by atoms with Crippen molar-refractivity contribution in [1.82, 2.24) is 9.88 Å². The Morgan fingerprint density at radius 1 is 0.750 bits per heavy atom. The average Bonchev–Trinajstić information content (AvgIpc) is 3.26. The number of carbonyl (C=O) groups excluding carboxylic acids is 1. The Morgan fingerprint density at radius 2 is 1.44 bits per heavy atom. The highest BCUT2D eigenvalue weighted by atomic mass is 19.1. The zero-order valence-corrected chi connectivity index (χ0v) is 19.7. The van der Waals surface area contributed by atoms with Gasteiger partial charge in [0, 0.05) is 42.5 Å². The molecule has 1 aromatic heterocycles. The summed E-state index contributed by atoms with van der Waals surface area (Å²) in [4.78, 5) is 13.1. The van der Waals surface area contributed by atoms with Gasteiger partial charge in [-0.2, -0.15) is 0 Å². The molecule has 0 bridgehead atoms. The quantitative estimate of drug-likeness (QED) is 0.260. The second kappa shape index (κ2) is 10.6. The van der Waals surface area contributed by atoms with Gasteiger partial charge in [0.2, 0.25) is 5.91 Å².